The molecule has 0 amide bonds. The second-order valence-electron chi connectivity index (χ2n) is 5.20. The molecule has 0 radical (unpaired) electrons. The van der Waals surface area contributed by atoms with Crippen LogP contribution in [0.15, 0.2) is 30.5 Å². The van der Waals surface area contributed by atoms with Crippen molar-refractivity contribution in [2.75, 3.05) is 0 Å². The fraction of sp³-hybridized carbons (Fsp3) is 0.471. The lowest BCUT2D eigenvalue weighted by Gasteiger charge is -2.08. The summed E-state index contributed by atoms with van der Waals surface area (Å²) in [5.41, 5.74) is 1.33. The minimum atomic E-state index is 0.541. The standard InChI is InChI=1S/C17H24N2OS/c1-4-13(3)18-10-16-11-19-17(21-16)12-20-15-8-6-14(5-2)7-9-15/h6-9,11,13,18H,4-5,10,12H2,1-3H3. The van der Waals surface area contributed by atoms with Crippen molar-refractivity contribution >= 4 is 11.3 Å². The van der Waals surface area contributed by atoms with Crippen LogP contribution in [0.5, 0.6) is 5.75 Å². The number of thiazole rings is 1. The van der Waals surface area contributed by atoms with E-state index in [0.29, 0.717) is 12.6 Å². The Balaban J connectivity index is 1.81. The van der Waals surface area contributed by atoms with E-state index in [1.54, 1.807) is 11.3 Å². The maximum atomic E-state index is 5.78. The first-order valence-corrected chi connectivity index (χ1v) is 8.41. The van der Waals surface area contributed by atoms with E-state index in [1.165, 1.54) is 10.4 Å². The predicted molar refractivity (Wildman–Crippen MR) is 88.9 cm³/mol. The summed E-state index contributed by atoms with van der Waals surface area (Å²) in [5, 5.41) is 4.50. The van der Waals surface area contributed by atoms with Gasteiger partial charge in [-0.1, -0.05) is 26.0 Å². The quantitative estimate of drug-likeness (QED) is 0.794. The van der Waals surface area contributed by atoms with E-state index in [-0.39, 0.29) is 0 Å². The molecule has 114 valence electrons. The molecule has 0 aliphatic carbocycles. The molecule has 2 rings (SSSR count). The van der Waals surface area contributed by atoms with Crippen molar-refractivity contribution in [1.82, 2.24) is 10.3 Å². The summed E-state index contributed by atoms with van der Waals surface area (Å²) >= 11 is 1.71. The van der Waals surface area contributed by atoms with Gasteiger partial charge in [0.25, 0.3) is 0 Å². The first-order valence-electron chi connectivity index (χ1n) is 7.60. The number of ether oxygens (including phenoxy) is 1. The minimum absolute atomic E-state index is 0.541. The smallest absolute Gasteiger partial charge is 0.140 e. The number of aryl methyl sites for hydroxylation is 1. The van der Waals surface area contributed by atoms with Gasteiger partial charge in [0, 0.05) is 23.7 Å². The van der Waals surface area contributed by atoms with Crippen molar-refractivity contribution in [1.29, 1.82) is 0 Å². The van der Waals surface area contributed by atoms with E-state index < -0.39 is 0 Å². The van der Waals surface area contributed by atoms with Gasteiger partial charge in [0.2, 0.25) is 0 Å². The van der Waals surface area contributed by atoms with Gasteiger partial charge in [-0.15, -0.1) is 11.3 Å². The zero-order chi connectivity index (χ0) is 15.1. The minimum Gasteiger partial charge on any atom is -0.486 e. The maximum absolute atomic E-state index is 5.78. The van der Waals surface area contributed by atoms with Gasteiger partial charge in [-0.2, -0.15) is 0 Å². The fourth-order valence-corrected chi connectivity index (χ4v) is 2.67. The normalized spacial score (nSPS) is 12.3. The Morgan fingerprint density at radius 2 is 2.00 bits per heavy atom. The van der Waals surface area contributed by atoms with Crippen molar-refractivity contribution in [3.05, 3.63) is 45.9 Å². The topological polar surface area (TPSA) is 34.1 Å². The molecule has 1 N–H and O–H groups in total. The van der Waals surface area contributed by atoms with Crippen LogP contribution in [0.4, 0.5) is 0 Å². The lowest BCUT2D eigenvalue weighted by molar-refractivity contribution is 0.305. The number of hydrogen-bond acceptors (Lipinski definition) is 4. The van der Waals surface area contributed by atoms with E-state index in [4.69, 9.17) is 4.74 Å². The number of nitrogens with one attached hydrogen (secondary N) is 1. The fourth-order valence-electron chi connectivity index (χ4n) is 1.88. The predicted octanol–water partition coefficient (Wildman–Crippen LogP) is 4.17. The molecular formula is C17H24N2OS. The van der Waals surface area contributed by atoms with Crippen LogP contribution < -0.4 is 10.1 Å². The molecule has 2 aromatic rings. The number of nitrogens with zero attached hydrogens (tertiary/aromatic N) is 1. The highest BCUT2D eigenvalue weighted by Crippen LogP contribution is 2.18. The third-order valence-corrected chi connectivity index (χ3v) is 4.50. The number of hydrogen-bond donors (Lipinski definition) is 1. The Hall–Kier alpha value is -1.39. The Bertz CT molecular complexity index is 536. The van der Waals surface area contributed by atoms with Crippen molar-refractivity contribution in [3.63, 3.8) is 0 Å². The molecule has 1 unspecified atom stereocenters. The van der Waals surface area contributed by atoms with Crippen LogP contribution >= 0.6 is 11.3 Å². The molecule has 1 aromatic heterocycles. The first kappa shape index (κ1) is 16.0. The Morgan fingerprint density at radius 1 is 1.24 bits per heavy atom. The highest BCUT2D eigenvalue weighted by molar-refractivity contribution is 7.11. The zero-order valence-corrected chi connectivity index (χ0v) is 13.9. The molecule has 0 aliphatic heterocycles. The number of rotatable bonds is 8. The lowest BCUT2D eigenvalue weighted by atomic mass is 10.2. The van der Waals surface area contributed by atoms with Crippen LogP contribution in [0.3, 0.4) is 0 Å². The van der Waals surface area contributed by atoms with Gasteiger partial charge in [0.05, 0.1) is 0 Å². The molecule has 21 heavy (non-hydrogen) atoms. The SMILES string of the molecule is CCc1ccc(OCc2ncc(CNC(C)CC)s2)cc1. The molecule has 0 fully saturated rings. The van der Waals surface area contributed by atoms with Crippen LogP contribution in [-0.2, 0) is 19.6 Å². The summed E-state index contributed by atoms with van der Waals surface area (Å²) in [5.74, 6) is 0.904. The van der Waals surface area contributed by atoms with Gasteiger partial charge in [0.15, 0.2) is 0 Å². The summed E-state index contributed by atoms with van der Waals surface area (Å²) in [6.07, 6.45) is 4.14. The van der Waals surface area contributed by atoms with E-state index in [2.05, 4.69) is 43.2 Å². The maximum Gasteiger partial charge on any atom is 0.140 e. The zero-order valence-electron chi connectivity index (χ0n) is 13.1. The Kier molecular flexibility index (Phi) is 6.21. The van der Waals surface area contributed by atoms with Crippen molar-refractivity contribution in [2.45, 2.75) is 52.8 Å². The van der Waals surface area contributed by atoms with Gasteiger partial charge in [-0.05, 0) is 37.5 Å². The van der Waals surface area contributed by atoms with Gasteiger partial charge in [-0.3, -0.25) is 0 Å². The highest BCUT2D eigenvalue weighted by atomic mass is 32.1. The molecule has 1 heterocycles. The van der Waals surface area contributed by atoms with Crippen LogP contribution in [0.2, 0.25) is 0 Å². The Labute approximate surface area is 131 Å². The van der Waals surface area contributed by atoms with E-state index >= 15 is 0 Å². The van der Waals surface area contributed by atoms with E-state index in [9.17, 15) is 0 Å². The molecule has 0 bridgehead atoms. The molecule has 0 saturated heterocycles. The largest absolute Gasteiger partial charge is 0.486 e. The van der Waals surface area contributed by atoms with Crippen molar-refractivity contribution < 1.29 is 4.74 Å². The van der Waals surface area contributed by atoms with Crippen LogP contribution in [0.25, 0.3) is 0 Å². The molecular weight excluding hydrogens is 280 g/mol. The molecule has 0 spiro atoms. The number of aromatic nitrogens is 1. The van der Waals surface area contributed by atoms with Gasteiger partial charge >= 0.3 is 0 Å². The summed E-state index contributed by atoms with van der Waals surface area (Å²) in [6, 6.07) is 8.82. The first-order chi connectivity index (χ1) is 10.2. The Morgan fingerprint density at radius 3 is 2.67 bits per heavy atom. The summed E-state index contributed by atoms with van der Waals surface area (Å²) in [6.45, 7) is 7.97. The van der Waals surface area contributed by atoms with Crippen molar-refractivity contribution in [2.24, 2.45) is 0 Å². The molecule has 0 aliphatic rings. The van der Waals surface area contributed by atoms with E-state index in [0.717, 1.165) is 30.1 Å². The van der Waals surface area contributed by atoms with Crippen molar-refractivity contribution in [3.8, 4) is 5.75 Å². The second-order valence-corrected chi connectivity index (χ2v) is 6.40. The van der Waals surface area contributed by atoms with Gasteiger partial charge < -0.3 is 10.1 Å². The van der Waals surface area contributed by atoms with Crippen LogP contribution in [0.1, 0.15) is 42.6 Å². The molecule has 4 heteroatoms. The number of benzene rings is 1. The third kappa shape index (κ3) is 5.14. The molecule has 1 aromatic carbocycles. The average Bonchev–Trinajstić information content (AvgIpc) is 2.99. The molecule has 1 atom stereocenters. The third-order valence-electron chi connectivity index (χ3n) is 3.53. The van der Waals surface area contributed by atoms with Crippen LogP contribution in [0, 0.1) is 0 Å². The highest BCUT2D eigenvalue weighted by Gasteiger charge is 2.05. The lowest BCUT2D eigenvalue weighted by Crippen LogP contribution is -2.23. The molecule has 3 nitrogen and oxygen atoms in total. The summed E-state index contributed by atoms with van der Waals surface area (Å²) in [7, 11) is 0. The van der Waals surface area contributed by atoms with Gasteiger partial charge in [0.1, 0.15) is 17.4 Å². The summed E-state index contributed by atoms with van der Waals surface area (Å²) < 4.78 is 5.78. The molecule has 0 saturated carbocycles. The monoisotopic (exact) mass is 304 g/mol. The second kappa shape index (κ2) is 8.15. The van der Waals surface area contributed by atoms with Crippen LogP contribution in [-0.4, -0.2) is 11.0 Å². The van der Waals surface area contributed by atoms with Gasteiger partial charge in [-0.25, -0.2) is 4.98 Å². The van der Waals surface area contributed by atoms with E-state index in [1.807, 2.05) is 18.3 Å². The average molecular weight is 304 g/mol. The summed E-state index contributed by atoms with van der Waals surface area (Å²) in [4.78, 5) is 5.68.